The van der Waals surface area contributed by atoms with E-state index in [1.165, 1.54) is 0 Å². The molecule has 0 atom stereocenters. The fraction of sp³-hybridized carbons (Fsp3) is 0.133. The van der Waals surface area contributed by atoms with E-state index in [-0.39, 0.29) is 5.91 Å². The van der Waals surface area contributed by atoms with E-state index < -0.39 is 0 Å². The van der Waals surface area contributed by atoms with Gasteiger partial charge < -0.3 is 5.32 Å². The first-order valence-corrected chi connectivity index (χ1v) is 7.39. The van der Waals surface area contributed by atoms with Crippen molar-refractivity contribution in [2.24, 2.45) is 0 Å². The van der Waals surface area contributed by atoms with Gasteiger partial charge in [0.1, 0.15) is 0 Å². The van der Waals surface area contributed by atoms with Crippen molar-refractivity contribution >= 4 is 43.5 Å². The first-order valence-electron chi connectivity index (χ1n) is 5.80. The molecular formula is C15H13Br2NO. The Balaban J connectivity index is 2.28. The van der Waals surface area contributed by atoms with Gasteiger partial charge in [-0.05, 0) is 55.3 Å². The lowest BCUT2D eigenvalue weighted by Crippen LogP contribution is -2.13. The minimum absolute atomic E-state index is 0.101. The molecule has 19 heavy (non-hydrogen) atoms. The molecule has 1 N–H and O–H groups in total. The molecule has 2 aromatic rings. The van der Waals surface area contributed by atoms with Gasteiger partial charge in [0.05, 0.1) is 0 Å². The van der Waals surface area contributed by atoms with Crippen molar-refractivity contribution in [2.75, 3.05) is 5.32 Å². The van der Waals surface area contributed by atoms with Gasteiger partial charge in [0.2, 0.25) is 0 Å². The number of carbonyl (C=O) groups is 1. The summed E-state index contributed by atoms with van der Waals surface area (Å²) in [4.78, 5) is 12.3. The van der Waals surface area contributed by atoms with Crippen molar-refractivity contribution < 1.29 is 4.79 Å². The monoisotopic (exact) mass is 381 g/mol. The third-order valence-electron chi connectivity index (χ3n) is 2.74. The number of amides is 1. The largest absolute Gasteiger partial charge is 0.322 e. The molecule has 0 aliphatic heterocycles. The van der Waals surface area contributed by atoms with Gasteiger partial charge in [-0.3, -0.25) is 4.79 Å². The molecule has 0 aliphatic rings. The van der Waals surface area contributed by atoms with Crippen LogP contribution in [0.25, 0.3) is 0 Å². The van der Waals surface area contributed by atoms with Crippen LogP contribution < -0.4 is 5.32 Å². The van der Waals surface area contributed by atoms with Crippen molar-refractivity contribution in [3.8, 4) is 0 Å². The van der Waals surface area contributed by atoms with E-state index in [0.717, 1.165) is 25.8 Å². The highest BCUT2D eigenvalue weighted by atomic mass is 79.9. The zero-order valence-electron chi connectivity index (χ0n) is 10.6. The van der Waals surface area contributed by atoms with Crippen LogP contribution in [-0.4, -0.2) is 5.91 Å². The summed E-state index contributed by atoms with van der Waals surface area (Å²) in [6.45, 7) is 3.91. The van der Waals surface area contributed by atoms with Crippen molar-refractivity contribution in [1.82, 2.24) is 0 Å². The van der Waals surface area contributed by atoms with Gasteiger partial charge in [0.15, 0.2) is 0 Å². The van der Waals surface area contributed by atoms with Crippen molar-refractivity contribution in [3.63, 3.8) is 0 Å². The number of nitrogens with one attached hydrogen (secondary N) is 1. The maximum absolute atomic E-state index is 12.3. The standard InChI is InChI=1S/C15H13Br2NO/c1-9-5-12(17)7-13(6-9)18-15(19)14-8-11(16)4-3-10(14)2/h3-8H,1-2H3,(H,18,19). The fourth-order valence-electron chi connectivity index (χ4n) is 1.85. The molecule has 0 unspecified atom stereocenters. The van der Waals surface area contributed by atoms with E-state index in [1.807, 2.05) is 50.2 Å². The van der Waals surface area contributed by atoms with E-state index in [9.17, 15) is 4.79 Å². The third-order valence-corrected chi connectivity index (χ3v) is 3.70. The summed E-state index contributed by atoms with van der Waals surface area (Å²) < 4.78 is 1.85. The smallest absolute Gasteiger partial charge is 0.255 e. The van der Waals surface area contributed by atoms with Crippen molar-refractivity contribution in [2.45, 2.75) is 13.8 Å². The Kier molecular flexibility index (Phi) is 4.42. The van der Waals surface area contributed by atoms with E-state index in [1.54, 1.807) is 0 Å². The van der Waals surface area contributed by atoms with E-state index in [2.05, 4.69) is 37.2 Å². The number of benzene rings is 2. The van der Waals surface area contributed by atoms with Crippen LogP contribution in [-0.2, 0) is 0 Å². The average molecular weight is 383 g/mol. The second-order valence-electron chi connectivity index (χ2n) is 4.43. The maximum Gasteiger partial charge on any atom is 0.255 e. The Bertz CT molecular complexity index is 618. The van der Waals surface area contributed by atoms with Crippen LogP contribution in [0.1, 0.15) is 21.5 Å². The van der Waals surface area contributed by atoms with Crippen LogP contribution in [0.4, 0.5) is 5.69 Å². The molecule has 2 aromatic carbocycles. The van der Waals surface area contributed by atoms with Gasteiger partial charge in [-0.1, -0.05) is 37.9 Å². The molecule has 0 heterocycles. The number of aryl methyl sites for hydroxylation is 2. The zero-order chi connectivity index (χ0) is 14.0. The normalized spacial score (nSPS) is 10.3. The van der Waals surface area contributed by atoms with Gasteiger partial charge in [0, 0.05) is 20.2 Å². The lowest BCUT2D eigenvalue weighted by Gasteiger charge is -2.09. The summed E-state index contributed by atoms with van der Waals surface area (Å²) in [5.41, 5.74) is 3.51. The van der Waals surface area contributed by atoms with Gasteiger partial charge in [-0.2, -0.15) is 0 Å². The Morgan fingerprint density at radius 1 is 1.00 bits per heavy atom. The van der Waals surface area contributed by atoms with Crippen molar-refractivity contribution in [1.29, 1.82) is 0 Å². The minimum Gasteiger partial charge on any atom is -0.322 e. The van der Waals surface area contributed by atoms with E-state index in [4.69, 9.17) is 0 Å². The van der Waals surface area contributed by atoms with E-state index >= 15 is 0 Å². The number of halogens is 2. The summed E-state index contributed by atoms with van der Waals surface area (Å²) >= 11 is 6.81. The molecule has 2 nitrogen and oxygen atoms in total. The van der Waals surface area contributed by atoms with Crippen LogP contribution in [0.3, 0.4) is 0 Å². The second-order valence-corrected chi connectivity index (χ2v) is 6.26. The molecule has 1 amide bonds. The molecule has 0 spiro atoms. The molecule has 0 aromatic heterocycles. The summed E-state index contributed by atoms with van der Waals surface area (Å²) in [6, 6.07) is 11.5. The summed E-state index contributed by atoms with van der Waals surface area (Å²) in [6.07, 6.45) is 0. The number of hydrogen-bond donors (Lipinski definition) is 1. The van der Waals surface area contributed by atoms with Crippen LogP contribution in [0, 0.1) is 13.8 Å². The molecule has 0 saturated heterocycles. The predicted octanol–water partition coefficient (Wildman–Crippen LogP) is 5.08. The molecule has 0 aliphatic carbocycles. The highest BCUT2D eigenvalue weighted by Crippen LogP contribution is 2.21. The number of hydrogen-bond acceptors (Lipinski definition) is 1. The van der Waals surface area contributed by atoms with Gasteiger partial charge >= 0.3 is 0 Å². The first-order chi connectivity index (χ1) is 8.95. The Morgan fingerprint density at radius 2 is 1.74 bits per heavy atom. The highest BCUT2D eigenvalue weighted by molar-refractivity contribution is 9.10. The molecule has 0 bridgehead atoms. The summed E-state index contributed by atoms with van der Waals surface area (Å²) in [7, 11) is 0. The number of anilines is 1. The maximum atomic E-state index is 12.3. The molecular weight excluding hydrogens is 370 g/mol. The Labute approximate surface area is 129 Å². The highest BCUT2D eigenvalue weighted by Gasteiger charge is 2.10. The van der Waals surface area contributed by atoms with Crippen LogP contribution >= 0.6 is 31.9 Å². The topological polar surface area (TPSA) is 29.1 Å². The molecule has 2 rings (SSSR count). The molecule has 0 saturated carbocycles. The second kappa shape index (κ2) is 5.88. The SMILES string of the molecule is Cc1cc(Br)cc(NC(=O)c2cc(Br)ccc2C)c1. The van der Waals surface area contributed by atoms with Crippen LogP contribution in [0.15, 0.2) is 45.3 Å². The Hall–Kier alpha value is -1.13. The summed E-state index contributed by atoms with van der Waals surface area (Å²) in [5.74, 6) is -0.101. The molecule has 0 radical (unpaired) electrons. The molecule has 0 fully saturated rings. The lowest BCUT2D eigenvalue weighted by atomic mass is 10.1. The van der Waals surface area contributed by atoms with E-state index in [0.29, 0.717) is 5.56 Å². The third kappa shape index (κ3) is 3.67. The summed E-state index contributed by atoms with van der Waals surface area (Å²) in [5, 5.41) is 2.92. The average Bonchev–Trinajstić information content (AvgIpc) is 2.30. The van der Waals surface area contributed by atoms with Crippen molar-refractivity contribution in [3.05, 3.63) is 62.0 Å². The van der Waals surface area contributed by atoms with Crippen LogP contribution in [0.2, 0.25) is 0 Å². The molecule has 98 valence electrons. The number of carbonyl (C=O) groups excluding carboxylic acids is 1. The number of rotatable bonds is 2. The lowest BCUT2D eigenvalue weighted by molar-refractivity contribution is 0.102. The Morgan fingerprint density at radius 3 is 2.42 bits per heavy atom. The first kappa shape index (κ1) is 14.3. The van der Waals surface area contributed by atoms with Gasteiger partial charge in [-0.15, -0.1) is 0 Å². The van der Waals surface area contributed by atoms with Crippen LogP contribution in [0.5, 0.6) is 0 Å². The quantitative estimate of drug-likeness (QED) is 0.770. The minimum atomic E-state index is -0.101. The van der Waals surface area contributed by atoms with Gasteiger partial charge in [0.25, 0.3) is 5.91 Å². The zero-order valence-corrected chi connectivity index (χ0v) is 13.8. The molecule has 4 heteroatoms. The van der Waals surface area contributed by atoms with Gasteiger partial charge in [-0.25, -0.2) is 0 Å². The predicted molar refractivity (Wildman–Crippen MR) is 85.7 cm³/mol. The fourth-order valence-corrected chi connectivity index (χ4v) is 2.81.